The molecule has 2 aromatic rings. The number of thiazole rings is 1. The number of sulfonamides is 1. The summed E-state index contributed by atoms with van der Waals surface area (Å²) in [4.78, 5) is 5.28. The Morgan fingerprint density at radius 1 is 1.45 bits per heavy atom. The number of rotatable bonds is 5. The minimum Gasteiger partial charge on any atom is -0.313 e. The Morgan fingerprint density at radius 3 is 2.91 bits per heavy atom. The Balaban J connectivity index is 0.00000176. The van der Waals surface area contributed by atoms with E-state index in [2.05, 4.69) is 15.0 Å². The first-order valence-electron chi connectivity index (χ1n) is 6.80. The van der Waals surface area contributed by atoms with Gasteiger partial charge in [-0.1, -0.05) is 0 Å². The van der Waals surface area contributed by atoms with Crippen molar-refractivity contribution < 1.29 is 8.42 Å². The molecule has 1 atom stereocenters. The fraction of sp³-hybridized carbons (Fsp3) is 0.462. The number of aromatic nitrogens is 1. The van der Waals surface area contributed by atoms with Crippen molar-refractivity contribution in [2.75, 3.05) is 13.1 Å². The highest BCUT2D eigenvalue weighted by Crippen LogP contribution is 2.31. The predicted molar refractivity (Wildman–Crippen MR) is 93.6 cm³/mol. The van der Waals surface area contributed by atoms with Gasteiger partial charge in [-0.2, -0.15) is 0 Å². The van der Waals surface area contributed by atoms with Gasteiger partial charge in [-0.3, -0.25) is 0 Å². The lowest BCUT2D eigenvalue weighted by atomic mass is 10.2. The van der Waals surface area contributed by atoms with Crippen molar-refractivity contribution in [3.8, 4) is 10.6 Å². The van der Waals surface area contributed by atoms with Gasteiger partial charge in [0.1, 0.15) is 4.21 Å². The Hall–Kier alpha value is -0.510. The molecule has 1 aliphatic rings. The van der Waals surface area contributed by atoms with E-state index in [1.54, 1.807) is 17.4 Å². The van der Waals surface area contributed by atoms with E-state index >= 15 is 0 Å². The van der Waals surface area contributed by atoms with Gasteiger partial charge in [0.05, 0.1) is 15.6 Å². The van der Waals surface area contributed by atoms with Gasteiger partial charge in [-0.25, -0.2) is 18.1 Å². The number of aryl methyl sites for hydroxylation is 1. The van der Waals surface area contributed by atoms with E-state index in [9.17, 15) is 8.42 Å². The number of nitrogens with one attached hydrogen (secondary N) is 2. The number of hydrogen-bond acceptors (Lipinski definition) is 6. The van der Waals surface area contributed by atoms with Crippen LogP contribution in [0.1, 0.15) is 17.8 Å². The summed E-state index contributed by atoms with van der Waals surface area (Å²) in [5, 5.41) is 6.21. The molecule has 0 saturated carbocycles. The van der Waals surface area contributed by atoms with E-state index in [1.807, 2.05) is 18.4 Å². The van der Waals surface area contributed by atoms with Crippen LogP contribution in [0.15, 0.2) is 21.7 Å². The second kappa shape index (κ2) is 7.37. The van der Waals surface area contributed by atoms with Crippen molar-refractivity contribution >= 4 is 45.1 Å². The van der Waals surface area contributed by atoms with Crippen molar-refractivity contribution in [3.63, 3.8) is 0 Å². The van der Waals surface area contributed by atoms with E-state index in [0.717, 1.165) is 35.0 Å². The molecule has 1 fully saturated rings. The molecule has 2 aromatic heterocycles. The summed E-state index contributed by atoms with van der Waals surface area (Å²) in [5.41, 5.74) is 0.849. The Bertz CT molecular complexity index is 720. The molecule has 0 spiro atoms. The molecule has 1 saturated heterocycles. The van der Waals surface area contributed by atoms with Crippen molar-refractivity contribution in [3.05, 3.63) is 22.5 Å². The molecule has 0 aliphatic carbocycles. The Kier molecular flexibility index (Phi) is 5.98. The molecule has 1 unspecified atom stereocenters. The minimum absolute atomic E-state index is 0. The van der Waals surface area contributed by atoms with Crippen molar-refractivity contribution in [2.45, 2.75) is 30.0 Å². The van der Waals surface area contributed by atoms with Crippen LogP contribution in [0.4, 0.5) is 0 Å². The summed E-state index contributed by atoms with van der Waals surface area (Å²) in [5.74, 6) is 0. The van der Waals surface area contributed by atoms with Gasteiger partial charge in [0.2, 0.25) is 10.0 Å². The molecule has 22 heavy (non-hydrogen) atoms. The van der Waals surface area contributed by atoms with Crippen LogP contribution in [0.5, 0.6) is 0 Å². The van der Waals surface area contributed by atoms with Crippen molar-refractivity contribution in [2.24, 2.45) is 0 Å². The summed E-state index contributed by atoms with van der Waals surface area (Å²) in [7, 11) is -3.42. The second-order valence-electron chi connectivity index (χ2n) is 5.02. The van der Waals surface area contributed by atoms with Crippen LogP contribution >= 0.6 is 35.1 Å². The minimum atomic E-state index is -3.42. The molecule has 2 N–H and O–H groups in total. The molecule has 3 rings (SSSR count). The number of hydrogen-bond donors (Lipinski definition) is 2. The zero-order valence-electron chi connectivity index (χ0n) is 12.0. The monoisotopic (exact) mass is 379 g/mol. The van der Waals surface area contributed by atoms with Gasteiger partial charge in [-0.05, 0) is 38.4 Å². The third-order valence-corrected chi connectivity index (χ3v) is 7.20. The highest BCUT2D eigenvalue weighted by molar-refractivity contribution is 7.91. The van der Waals surface area contributed by atoms with Gasteiger partial charge in [0.25, 0.3) is 0 Å². The van der Waals surface area contributed by atoms with Gasteiger partial charge >= 0.3 is 0 Å². The molecule has 122 valence electrons. The fourth-order valence-electron chi connectivity index (χ4n) is 2.29. The largest absolute Gasteiger partial charge is 0.313 e. The zero-order chi connectivity index (χ0) is 14.9. The Morgan fingerprint density at radius 2 is 2.27 bits per heavy atom. The third kappa shape index (κ3) is 4.06. The van der Waals surface area contributed by atoms with E-state index in [1.165, 1.54) is 11.3 Å². The maximum atomic E-state index is 12.3. The second-order valence-corrected chi connectivity index (χ2v) is 9.16. The topological polar surface area (TPSA) is 71.1 Å². The highest BCUT2D eigenvalue weighted by atomic mass is 35.5. The molecule has 5 nitrogen and oxygen atoms in total. The van der Waals surface area contributed by atoms with Crippen molar-refractivity contribution in [1.29, 1.82) is 0 Å². The summed E-state index contributed by atoms with van der Waals surface area (Å²) in [6.45, 7) is 3.36. The molecular formula is C13H18ClN3O2S3. The first-order chi connectivity index (χ1) is 10.0. The lowest BCUT2D eigenvalue weighted by molar-refractivity contribution is 0.553. The van der Waals surface area contributed by atoms with Crippen LogP contribution in [-0.4, -0.2) is 32.5 Å². The molecule has 0 radical (unpaired) electrons. The third-order valence-electron chi connectivity index (χ3n) is 3.40. The highest BCUT2D eigenvalue weighted by Gasteiger charge is 2.21. The van der Waals surface area contributed by atoms with E-state index in [-0.39, 0.29) is 18.4 Å². The summed E-state index contributed by atoms with van der Waals surface area (Å²) < 4.78 is 27.6. The average molecular weight is 380 g/mol. The summed E-state index contributed by atoms with van der Waals surface area (Å²) >= 11 is 2.83. The van der Waals surface area contributed by atoms with Crippen LogP contribution in [0.2, 0.25) is 0 Å². The Labute approximate surface area is 144 Å². The molecule has 0 amide bonds. The van der Waals surface area contributed by atoms with Crippen LogP contribution in [0.25, 0.3) is 10.6 Å². The first-order valence-corrected chi connectivity index (χ1v) is 9.98. The van der Waals surface area contributed by atoms with Crippen LogP contribution in [0, 0.1) is 6.92 Å². The quantitative estimate of drug-likeness (QED) is 0.837. The lowest BCUT2D eigenvalue weighted by Crippen LogP contribution is -2.36. The van der Waals surface area contributed by atoms with Crippen LogP contribution in [-0.2, 0) is 10.0 Å². The molecule has 0 bridgehead atoms. The smallest absolute Gasteiger partial charge is 0.250 e. The number of halogens is 1. The number of thiophene rings is 1. The maximum absolute atomic E-state index is 12.3. The van der Waals surface area contributed by atoms with Crippen LogP contribution in [0.3, 0.4) is 0 Å². The van der Waals surface area contributed by atoms with E-state index < -0.39 is 10.0 Å². The van der Waals surface area contributed by atoms with Gasteiger partial charge in [0, 0.05) is 18.0 Å². The number of nitrogens with zero attached hydrogens (tertiary/aromatic N) is 1. The van der Waals surface area contributed by atoms with E-state index in [0.29, 0.717) is 10.8 Å². The molecule has 3 heterocycles. The standard InChI is InChI=1S/C13H17N3O2S3.ClH/c1-9-16-11(8-19-9)12-4-5-13(20-12)21(17,18)15-7-10-3-2-6-14-10;/h4-5,8,10,14-15H,2-3,6-7H2,1H3;1H. The van der Waals surface area contributed by atoms with Crippen LogP contribution < -0.4 is 10.0 Å². The van der Waals surface area contributed by atoms with Gasteiger partial charge in [-0.15, -0.1) is 35.1 Å². The molecule has 0 aromatic carbocycles. The molecule has 9 heteroatoms. The lowest BCUT2D eigenvalue weighted by Gasteiger charge is -2.10. The fourth-order valence-corrected chi connectivity index (χ4v) is 5.37. The summed E-state index contributed by atoms with van der Waals surface area (Å²) in [6.07, 6.45) is 2.13. The summed E-state index contributed by atoms with van der Waals surface area (Å²) in [6, 6.07) is 3.72. The zero-order valence-corrected chi connectivity index (χ0v) is 15.3. The maximum Gasteiger partial charge on any atom is 0.250 e. The average Bonchev–Trinajstić information content (AvgIpc) is 3.17. The SMILES string of the molecule is Cc1nc(-c2ccc(S(=O)(=O)NCC3CCCN3)s2)cs1.Cl. The molecular weight excluding hydrogens is 362 g/mol. The normalized spacial score (nSPS) is 18.3. The van der Waals surface area contributed by atoms with Crippen molar-refractivity contribution in [1.82, 2.24) is 15.0 Å². The first kappa shape index (κ1) is 17.8. The van der Waals surface area contributed by atoms with E-state index in [4.69, 9.17) is 0 Å². The molecule has 1 aliphatic heterocycles. The van der Waals surface area contributed by atoms with Gasteiger partial charge in [0.15, 0.2) is 0 Å². The predicted octanol–water partition coefficient (Wildman–Crippen LogP) is 2.63. The van der Waals surface area contributed by atoms with Gasteiger partial charge < -0.3 is 5.32 Å².